The van der Waals surface area contributed by atoms with Gasteiger partial charge in [0.15, 0.2) is 0 Å². The van der Waals surface area contributed by atoms with Crippen LogP contribution in [0.25, 0.3) is 0 Å². The second-order valence-corrected chi connectivity index (χ2v) is 6.26. The van der Waals surface area contributed by atoms with Gasteiger partial charge in [-0.05, 0) is 24.3 Å². The molecule has 0 saturated carbocycles. The molecule has 0 bridgehead atoms. The molecular formula is C10H8N2O4S2. The molecule has 94 valence electrons. The fourth-order valence-electron chi connectivity index (χ4n) is 1.21. The summed E-state index contributed by atoms with van der Waals surface area (Å²) in [7, 11) is -3.76. The van der Waals surface area contributed by atoms with Gasteiger partial charge in [0.25, 0.3) is 10.0 Å². The van der Waals surface area contributed by atoms with E-state index in [2.05, 4.69) is 9.71 Å². The molecule has 0 aromatic carbocycles. The van der Waals surface area contributed by atoms with Gasteiger partial charge in [0, 0.05) is 6.20 Å². The van der Waals surface area contributed by atoms with Gasteiger partial charge in [0.2, 0.25) is 0 Å². The zero-order valence-electron chi connectivity index (χ0n) is 8.90. The number of carbonyl (C=O) groups is 1. The van der Waals surface area contributed by atoms with Crippen LogP contribution in [0.1, 0.15) is 9.67 Å². The van der Waals surface area contributed by atoms with Gasteiger partial charge in [-0.3, -0.25) is 9.71 Å². The van der Waals surface area contributed by atoms with Crippen LogP contribution in [-0.4, -0.2) is 24.5 Å². The number of carboxylic acid groups (broad SMARTS) is 1. The molecule has 0 amide bonds. The third-order valence-corrected chi connectivity index (χ3v) is 4.92. The molecule has 0 aliphatic heterocycles. The van der Waals surface area contributed by atoms with Gasteiger partial charge < -0.3 is 5.11 Å². The topological polar surface area (TPSA) is 96.4 Å². The van der Waals surface area contributed by atoms with Crippen LogP contribution in [0.15, 0.2) is 40.9 Å². The molecule has 0 spiro atoms. The first-order valence-electron chi connectivity index (χ1n) is 4.75. The highest BCUT2D eigenvalue weighted by Gasteiger charge is 2.18. The van der Waals surface area contributed by atoms with Crippen molar-refractivity contribution in [2.75, 3.05) is 4.72 Å². The molecule has 0 aliphatic rings. The Morgan fingerprint density at radius 1 is 1.33 bits per heavy atom. The molecular weight excluding hydrogens is 276 g/mol. The van der Waals surface area contributed by atoms with Crippen molar-refractivity contribution < 1.29 is 18.3 Å². The maximum absolute atomic E-state index is 11.9. The summed E-state index contributed by atoms with van der Waals surface area (Å²) in [6.45, 7) is 0. The fourth-order valence-corrected chi connectivity index (χ4v) is 3.40. The van der Waals surface area contributed by atoms with Gasteiger partial charge in [-0.1, -0.05) is 0 Å². The molecule has 2 N–H and O–H groups in total. The molecule has 6 nitrogen and oxygen atoms in total. The summed E-state index contributed by atoms with van der Waals surface area (Å²) in [5.74, 6) is -1.15. The van der Waals surface area contributed by atoms with E-state index >= 15 is 0 Å². The minimum absolute atomic E-state index is 0.0263. The Morgan fingerprint density at radius 3 is 2.67 bits per heavy atom. The van der Waals surface area contributed by atoms with Gasteiger partial charge in [0.05, 0.1) is 11.9 Å². The van der Waals surface area contributed by atoms with Gasteiger partial charge in [-0.2, -0.15) is 0 Å². The predicted molar refractivity (Wildman–Crippen MR) is 66.3 cm³/mol. The normalized spacial score (nSPS) is 11.1. The minimum atomic E-state index is -3.76. The lowest BCUT2D eigenvalue weighted by Crippen LogP contribution is -2.11. The Morgan fingerprint density at radius 2 is 2.11 bits per heavy atom. The summed E-state index contributed by atoms with van der Waals surface area (Å²) in [6, 6.07) is 5.66. The number of carboxylic acids is 1. The van der Waals surface area contributed by atoms with Crippen molar-refractivity contribution in [3.05, 3.63) is 41.5 Å². The molecule has 2 aromatic heterocycles. The van der Waals surface area contributed by atoms with Crippen molar-refractivity contribution in [3.63, 3.8) is 0 Å². The largest absolute Gasteiger partial charge is 0.477 e. The van der Waals surface area contributed by atoms with E-state index in [0.29, 0.717) is 17.0 Å². The van der Waals surface area contributed by atoms with Crippen molar-refractivity contribution in [2.24, 2.45) is 0 Å². The Kier molecular flexibility index (Phi) is 3.30. The number of hydrogen-bond donors (Lipinski definition) is 2. The van der Waals surface area contributed by atoms with E-state index in [1.807, 2.05) is 0 Å². The number of thiophene rings is 1. The second kappa shape index (κ2) is 4.75. The maximum atomic E-state index is 11.9. The molecule has 18 heavy (non-hydrogen) atoms. The molecule has 2 aromatic rings. The molecule has 0 radical (unpaired) electrons. The van der Waals surface area contributed by atoms with E-state index in [1.54, 1.807) is 12.1 Å². The highest BCUT2D eigenvalue weighted by Crippen LogP contribution is 2.23. The number of sulfonamides is 1. The van der Waals surface area contributed by atoms with Crippen LogP contribution in [0.4, 0.5) is 5.69 Å². The summed E-state index contributed by atoms with van der Waals surface area (Å²) in [5.41, 5.74) is 0.322. The van der Waals surface area contributed by atoms with Gasteiger partial charge in [-0.15, -0.1) is 11.3 Å². The molecule has 0 saturated heterocycles. The summed E-state index contributed by atoms with van der Waals surface area (Å²) in [5, 5.41) is 8.74. The number of anilines is 1. The standard InChI is InChI=1S/C10H8N2O4S2/c13-10(14)8-3-4-9(17-8)18(15,16)12-7-2-1-5-11-6-7/h1-6,12H,(H,13,14). The van der Waals surface area contributed by atoms with Crippen molar-refractivity contribution in [1.82, 2.24) is 4.98 Å². The lowest BCUT2D eigenvalue weighted by atomic mass is 10.4. The summed E-state index contributed by atoms with van der Waals surface area (Å²) >= 11 is 0.697. The van der Waals surface area contributed by atoms with Gasteiger partial charge in [0.1, 0.15) is 9.09 Å². The first-order chi connectivity index (χ1) is 8.49. The number of pyridine rings is 1. The second-order valence-electron chi connectivity index (χ2n) is 3.27. The number of rotatable bonds is 4. The molecule has 0 unspecified atom stereocenters. The lowest BCUT2D eigenvalue weighted by Gasteiger charge is -2.04. The summed E-state index contributed by atoms with van der Waals surface area (Å²) in [4.78, 5) is 14.4. The van der Waals surface area contributed by atoms with Crippen LogP contribution >= 0.6 is 11.3 Å². The van der Waals surface area contributed by atoms with Crippen molar-refractivity contribution in [2.45, 2.75) is 4.21 Å². The van der Waals surface area contributed by atoms with E-state index in [9.17, 15) is 13.2 Å². The zero-order valence-corrected chi connectivity index (χ0v) is 10.5. The Labute approximate surface area is 107 Å². The van der Waals surface area contributed by atoms with Crippen LogP contribution in [0.5, 0.6) is 0 Å². The average Bonchev–Trinajstić information content (AvgIpc) is 2.79. The fraction of sp³-hybridized carbons (Fsp3) is 0. The van der Waals surface area contributed by atoms with Crippen molar-refractivity contribution in [1.29, 1.82) is 0 Å². The average molecular weight is 284 g/mol. The van der Waals surface area contributed by atoms with Gasteiger partial charge in [-0.25, -0.2) is 13.2 Å². The number of hydrogen-bond acceptors (Lipinski definition) is 5. The van der Waals surface area contributed by atoms with Crippen LogP contribution in [0, 0.1) is 0 Å². The monoisotopic (exact) mass is 284 g/mol. The third-order valence-electron chi connectivity index (χ3n) is 1.97. The maximum Gasteiger partial charge on any atom is 0.345 e. The number of nitrogens with one attached hydrogen (secondary N) is 1. The van der Waals surface area contributed by atoms with E-state index in [0.717, 1.165) is 0 Å². The highest BCUT2D eigenvalue weighted by atomic mass is 32.2. The van der Waals surface area contributed by atoms with Crippen molar-refractivity contribution in [3.8, 4) is 0 Å². The summed E-state index contributed by atoms with van der Waals surface area (Å²) in [6.07, 6.45) is 2.88. The first kappa shape index (κ1) is 12.5. The van der Waals surface area contributed by atoms with Crippen molar-refractivity contribution >= 4 is 33.0 Å². The molecule has 0 aliphatic carbocycles. The molecule has 0 atom stereocenters. The van der Waals surface area contributed by atoms with Gasteiger partial charge >= 0.3 is 5.97 Å². The number of nitrogens with zero attached hydrogens (tertiary/aromatic N) is 1. The molecule has 2 heterocycles. The number of aromatic carboxylic acids is 1. The van der Waals surface area contributed by atoms with E-state index in [4.69, 9.17) is 5.11 Å². The Hall–Kier alpha value is -1.93. The van der Waals surface area contributed by atoms with E-state index in [1.165, 1.54) is 24.5 Å². The van der Waals surface area contributed by atoms with E-state index < -0.39 is 16.0 Å². The zero-order chi connectivity index (χ0) is 13.2. The third kappa shape index (κ3) is 2.66. The van der Waals surface area contributed by atoms with E-state index in [-0.39, 0.29) is 9.09 Å². The van der Waals surface area contributed by atoms with Crippen LogP contribution < -0.4 is 4.72 Å². The van der Waals surface area contributed by atoms with Crippen LogP contribution in [0.3, 0.4) is 0 Å². The summed E-state index contributed by atoms with van der Waals surface area (Å²) < 4.78 is 26.1. The molecule has 8 heteroatoms. The smallest absolute Gasteiger partial charge is 0.345 e. The Balaban J connectivity index is 2.28. The lowest BCUT2D eigenvalue weighted by molar-refractivity contribution is 0.0702. The highest BCUT2D eigenvalue weighted by molar-refractivity contribution is 7.94. The Bertz CT molecular complexity index is 664. The van der Waals surface area contributed by atoms with Crippen LogP contribution in [0.2, 0.25) is 0 Å². The molecule has 2 rings (SSSR count). The quantitative estimate of drug-likeness (QED) is 0.889. The van der Waals surface area contributed by atoms with Crippen LogP contribution in [-0.2, 0) is 10.0 Å². The molecule has 0 fully saturated rings. The number of aromatic nitrogens is 1. The first-order valence-corrected chi connectivity index (χ1v) is 7.05. The SMILES string of the molecule is O=C(O)c1ccc(S(=O)(=O)Nc2cccnc2)s1. The predicted octanol–water partition coefficient (Wildman–Crippen LogP) is 1.64. The minimum Gasteiger partial charge on any atom is -0.477 e.